The van der Waals surface area contributed by atoms with Gasteiger partial charge in [-0.1, -0.05) is 30.0 Å². The molecule has 1 fully saturated rings. The molecule has 2 N–H and O–H groups in total. The smallest absolute Gasteiger partial charge is 0.312 e. The van der Waals surface area contributed by atoms with Crippen LogP contribution in [0, 0.1) is 4.77 Å². The van der Waals surface area contributed by atoms with Crippen molar-refractivity contribution < 1.29 is 28.7 Å². The molecular weight excluding hydrogens is 520 g/mol. The number of rotatable bonds is 9. The van der Waals surface area contributed by atoms with Crippen LogP contribution in [0.25, 0.3) is 5.69 Å². The van der Waals surface area contributed by atoms with E-state index in [0.717, 1.165) is 17.4 Å². The molecule has 1 aliphatic heterocycles. The minimum atomic E-state index is -0.831. The van der Waals surface area contributed by atoms with Crippen LogP contribution >= 0.6 is 24.0 Å². The van der Waals surface area contributed by atoms with Gasteiger partial charge in [-0.2, -0.15) is 10.2 Å². The van der Waals surface area contributed by atoms with Gasteiger partial charge in [0.05, 0.1) is 19.7 Å². The molecule has 2 aromatic carbocycles. The van der Waals surface area contributed by atoms with Crippen LogP contribution in [0.1, 0.15) is 12.0 Å². The summed E-state index contributed by atoms with van der Waals surface area (Å²) in [6.45, 7) is -0.128. The number of hydrazone groups is 1. The van der Waals surface area contributed by atoms with Crippen molar-refractivity contribution in [2.75, 3.05) is 7.11 Å². The van der Waals surface area contributed by atoms with Crippen molar-refractivity contribution in [2.24, 2.45) is 5.10 Å². The van der Waals surface area contributed by atoms with E-state index in [1.165, 1.54) is 30.4 Å². The molecule has 1 aromatic heterocycles. The highest BCUT2D eigenvalue weighted by Crippen LogP contribution is 2.29. The van der Waals surface area contributed by atoms with E-state index < -0.39 is 28.3 Å². The predicted molar refractivity (Wildman–Crippen MR) is 136 cm³/mol. The molecule has 0 radical (unpaired) electrons. The number of carbonyl (C=O) groups is 4. The van der Waals surface area contributed by atoms with Crippen molar-refractivity contribution in [3.05, 3.63) is 65.2 Å². The average molecular weight is 541 g/mol. The molecule has 12 nitrogen and oxygen atoms in total. The average Bonchev–Trinajstić information content (AvgIpc) is 3.40. The zero-order valence-electron chi connectivity index (χ0n) is 19.3. The third kappa shape index (κ3) is 6.48. The van der Waals surface area contributed by atoms with E-state index in [-0.39, 0.29) is 24.5 Å². The molecule has 0 aliphatic carbocycles. The summed E-state index contributed by atoms with van der Waals surface area (Å²) < 4.78 is 14.0. The van der Waals surface area contributed by atoms with Gasteiger partial charge in [-0.15, -0.1) is 0 Å². The molecule has 3 aromatic rings. The summed E-state index contributed by atoms with van der Waals surface area (Å²) in [7, 11) is 1.40. The van der Waals surface area contributed by atoms with E-state index in [9.17, 15) is 19.2 Å². The number of nitrogens with zero attached hydrogens (tertiary/aromatic N) is 4. The number of carbonyl (C=O) groups excluding carboxylic acids is 4. The lowest BCUT2D eigenvalue weighted by molar-refractivity contribution is -0.136. The number of hydrogen-bond acceptors (Lipinski definition) is 10. The molecule has 14 heteroatoms. The van der Waals surface area contributed by atoms with Crippen LogP contribution < -0.4 is 20.2 Å². The Kier molecular flexibility index (Phi) is 8.10. The number of amides is 3. The second-order valence-electron chi connectivity index (χ2n) is 7.54. The van der Waals surface area contributed by atoms with Crippen molar-refractivity contribution in [1.82, 2.24) is 25.1 Å². The fraction of sp³-hybridized carbons (Fsp3) is 0.174. The first-order valence-corrected chi connectivity index (χ1v) is 12.0. The van der Waals surface area contributed by atoms with E-state index in [4.69, 9.17) is 21.7 Å². The van der Waals surface area contributed by atoms with Crippen LogP contribution in [0.2, 0.25) is 0 Å². The quantitative estimate of drug-likeness (QED) is 0.137. The van der Waals surface area contributed by atoms with Gasteiger partial charge in [-0.05, 0) is 48.1 Å². The van der Waals surface area contributed by atoms with Gasteiger partial charge in [0.2, 0.25) is 10.7 Å². The van der Waals surface area contributed by atoms with Crippen molar-refractivity contribution >= 4 is 53.2 Å². The molecule has 37 heavy (non-hydrogen) atoms. The third-order valence-corrected chi connectivity index (χ3v) is 6.38. The lowest BCUT2D eigenvalue weighted by Gasteiger charge is -2.10. The Hall–Kier alpha value is -4.30. The predicted octanol–water partition coefficient (Wildman–Crippen LogP) is 2.21. The van der Waals surface area contributed by atoms with E-state index in [1.807, 2.05) is 30.3 Å². The Morgan fingerprint density at radius 1 is 1.22 bits per heavy atom. The molecule has 2 heterocycles. The number of imide groups is 1. The summed E-state index contributed by atoms with van der Waals surface area (Å²) in [4.78, 5) is 47.4. The normalized spacial score (nSPS) is 15.0. The Bertz CT molecular complexity index is 1430. The van der Waals surface area contributed by atoms with E-state index in [1.54, 1.807) is 16.7 Å². The fourth-order valence-electron chi connectivity index (χ4n) is 3.25. The molecule has 0 bridgehead atoms. The Morgan fingerprint density at radius 2 is 2.00 bits per heavy atom. The van der Waals surface area contributed by atoms with Gasteiger partial charge in [0.1, 0.15) is 18.1 Å². The van der Waals surface area contributed by atoms with Crippen molar-refractivity contribution in [3.63, 3.8) is 0 Å². The largest absolute Gasteiger partial charge is 0.493 e. The van der Waals surface area contributed by atoms with Gasteiger partial charge < -0.3 is 9.47 Å². The summed E-state index contributed by atoms with van der Waals surface area (Å²) in [5, 5.41) is 8.88. The van der Waals surface area contributed by atoms with Gasteiger partial charge in [-0.25, -0.2) is 10.1 Å². The summed E-state index contributed by atoms with van der Waals surface area (Å²) >= 11 is 6.14. The molecule has 4 rings (SSSR count). The van der Waals surface area contributed by atoms with Crippen LogP contribution in [-0.2, 0) is 20.9 Å². The molecule has 1 aliphatic rings. The second kappa shape index (κ2) is 11.6. The number of hydrogen-bond donors (Lipinski definition) is 2. The van der Waals surface area contributed by atoms with E-state index in [2.05, 4.69) is 20.9 Å². The van der Waals surface area contributed by atoms with Gasteiger partial charge >= 0.3 is 5.97 Å². The van der Waals surface area contributed by atoms with Crippen molar-refractivity contribution in [2.45, 2.75) is 18.2 Å². The monoisotopic (exact) mass is 540 g/mol. The highest BCUT2D eigenvalue weighted by Gasteiger charge is 2.34. The molecule has 3 amide bonds. The van der Waals surface area contributed by atoms with Crippen LogP contribution in [0.5, 0.6) is 11.5 Å². The zero-order valence-corrected chi connectivity index (χ0v) is 21.0. The highest BCUT2D eigenvalue weighted by molar-refractivity contribution is 8.15. The van der Waals surface area contributed by atoms with Gasteiger partial charge in [-0.3, -0.25) is 29.1 Å². The fourth-order valence-corrected chi connectivity index (χ4v) is 4.32. The van der Waals surface area contributed by atoms with Gasteiger partial charge in [0.15, 0.2) is 11.5 Å². The van der Waals surface area contributed by atoms with Crippen LogP contribution in [-0.4, -0.2) is 55.9 Å². The zero-order chi connectivity index (χ0) is 26.4. The minimum absolute atomic E-state index is 0.128. The maximum atomic E-state index is 12.3. The van der Waals surface area contributed by atoms with Crippen molar-refractivity contribution in [3.8, 4) is 17.2 Å². The number of thioether (sulfide) groups is 1. The van der Waals surface area contributed by atoms with Crippen LogP contribution in [0.4, 0.5) is 4.79 Å². The first-order valence-electron chi connectivity index (χ1n) is 10.8. The number of nitrogens with one attached hydrogen (secondary N) is 2. The maximum absolute atomic E-state index is 12.3. The Morgan fingerprint density at radius 3 is 2.70 bits per heavy atom. The summed E-state index contributed by atoms with van der Waals surface area (Å²) in [5.41, 5.74) is 3.79. The lowest BCUT2D eigenvalue weighted by atomic mass is 10.2. The van der Waals surface area contributed by atoms with Crippen LogP contribution in [0.15, 0.2) is 60.0 Å². The number of methoxy groups -OCH3 is 1. The molecule has 0 saturated carbocycles. The van der Waals surface area contributed by atoms with Gasteiger partial charge in [0.25, 0.3) is 11.1 Å². The molecular formula is C23H20N6O6S2. The summed E-state index contributed by atoms with van der Waals surface area (Å²) in [6.07, 6.45) is 2.66. The Labute approximate surface area is 219 Å². The van der Waals surface area contributed by atoms with Gasteiger partial charge in [0, 0.05) is 5.69 Å². The maximum Gasteiger partial charge on any atom is 0.312 e. The van der Waals surface area contributed by atoms with E-state index >= 15 is 0 Å². The third-order valence-electron chi connectivity index (χ3n) is 4.99. The number of aromatic nitrogens is 3. The van der Waals surface area contributed by atoms with Crippen LogP contribution in [0.3, 0.4) is 0 Å². The number of benzene rings is 2. The summed E-state index contributed by atoms with van der Waals surface area (Å²) in [6, 6.07) is 14.0. The van der Waals surface area contributed by atoms with E-state index in [0.29, 0.717) is 10.3 Å². The molecule has 1 atom stereocenters. The summed E-state index contributed by atoms with van der Waals surface area (Å²) in [5.74, 6) is -1.29. The standard InChI is InChI=1S/C23H20N6O6S2/c1-34-17-9-14(7-8-16(17)35-20(31)10-18-21(32)26-22(33)37-18)11-24-27-19(30)12-29-23(36)28(13-25-29)15-5-3-2-4-6-15/h2-9,11,13,18H,10,12H2,1H3,(H,27,30)(H,26,32,33)/b24-11+. The van der Waals surface area contributed by atoms with Crippen molar-refractivity contribution in [1.29, 1.82) is 0 Å². The second-order valence-corrected chi connectivity index (χ2v) is 9.08. The number of para-hydroxylation sites is 1. The molecule has 1 saturated heterocycles. The first-order chi connectivity index (χ1) is 17.8. The molecule has 0 spiro atoms. The minimum Gasteiger partial charge on any atom is -0.493 e. The highest BCUT2D eigenvalue weighted by atomic mass is 32.2. The Balaban J connectivity index is 1.33. The first kappa shape index (κ1) is 25.8. The lowest BCUT2D eigenvalue weighted by Crippen LogP contribution is -2.27. The number of esters is 1. The molecule has 1 unspecified atom stereocenters. The topological polar surface area (TPSA) is 146 Å². The molecule has 190 valence electrons. The number of ether oxygens (including phenoxy) is 2. The SMILES string of the molecule is COc1cc(/C=N/NC(=O)Cn2ncn(-c3ccccc3)c2=S)ccc1OC(=O)CC1SC(=O)NC1=O.